The van der Waals surface area contributed by atoms with Crippen LogP contribution in [0.1, 0.15) is 130 Å². The smallest absolute Gasteiger partial charge is 0.305 e. The zero-order valence-electron chi connectivity index (χ0n) is 18.5. The fraction of sp³-hybridized carbons (Fsp3) is 0.958. The molecule has 0 aliphatic rings. The summed E-state index contributed by atoms with van der Waals surface area (Å²) in [7, 11) is 0. The lowest BCUT2D eigenvalue weighted by Crippen LogP contribution is -2.05. The number of hydrogen-bond acceptors (Lipinski definition) is 2. The number of carbonyl (C=O) groups is 1. The van der Waals surface area contributed by atoms with Crippen LogP contribution in [0.5, 0.6) is 0 Å². The highest BCUT2D eigenvalue weighted by Crippen LogP contribution is 2.13. The third-order valence-corrected chi connectivity index (χ3v) is 5.10. The van der Waals surface area contributed by atoms with Gasteiger partial charge in [0.15, 0.2) is 0 Å². The molecular weight excluding hydrogens is 320 g/mol. The number of esters is 1. The maximum absolute atomic E-state index is 11.7. The third-order valence-electron chi connectivity index (χ3n) is 5.10. The molecule has 0 aromatic rings. The van der Waals surface area contributed by atoms with Crippen LogP contribution in [0, 0.1) is 11.8 Å². The Morgan fingerprint density at radius 3 is 1.42 bits per heavy atom. The van der Waals surface area contributed by atoms with Gasteiger partial charge in [-0.25, -0.2) is 0 Å². The SMILES string of the molecule is CC(C)CCCCCCCCCCOC(=O)CCCCCCCC(C)C. The van der Waals surface area contributed by atoms with Crippen molar-refractivity contribution in [3.8, 4) is 0 Å². The van der Waals surface area contributed by atoms with Crippen molar-refractivity contribution in [2.75, 3.05) is 6.61 Å². The molecular formula is C24H48O2. The molecule has 2 heteroatoms. The van der Waals surface area contributed by atoms with Crippen molar-refractivity contribution < 1.29 is 9.53 Å². The number of ether oxygens (including phenoxy) is 1. The number of rotatable bonds is 19. The predicted molar refractivity (Wildman–Crippen MR) is 115 cm³/mol. The zero-order valence-corrected chi connectivity index (χ0v) is 18.5. The molecule has 0 saturated carbocycles. The van der Waals surface area contributed by atoms with Gasteiger partial charge in [0.2, 0.25) is 0 Å². The minimum atomic E-state index is 0.0114. The van der Waals surface area contributed by atoms with E-state index in [9.17, 15) is 4.79 Å². The lowest BCUT2D eigenvalue weighted by molar-refractivity contribution is -0.143. The van der Waals surface area contributed by atoms with Crippen molar-refractivity contribution in [2.45, 2.75) is 130 Å². The molecule has 0 aliphatic carbocycles. The van der Waals surface area contributed by atoms with E-state index in [1.807, 2.05) is 0 Å². The van der Waals surface area contributed by atoms with Crippen molar-refractivity contribution in [3.63, 3.8) is 0 Å². The molecule has 0 aromatic carbocycles. The quantitative estimate of drug-likeness (QED) is 0.170. The highest BCUT2D eigenvalue weighted by Gasteiger charge is 2.03. The van der Waals surface area contributed by atoms with E-state index in [4.69, 9.17) is 4.74 Å². The molecule has 0 fully saturated rings. The molecule has 0 N–H and O–H groups in total. The summed E-state index contributed by atoms with van der Waals surface area (Å²) in [4.78, 5) is 11.7. The van der Waals surface area contributed by atoms with E-state index in [2.05, 4.69) is 27.7 Å². The van der Waals surface area contributed by atoms with Gasteiger partial charge in [0, 0.05) is 6.42 Å². The fourth-order valence-electron chi connectivity index (χ4n) is 3.33. The summed E-state index contributed by atoms with van der Waals surface area (Å²) in [6.07, 6.45) is 19.8. The van der Waals surface area contributed by atoms with E-state index in [0.29, 0.717) is 13.0 Å². The Morgan fingerprint density at radius 2 is 0.962 bits per heavy atom. The van der Waals surface area contributed by atoms with Gasteiger partial charge in [-0.15, -0.1) is 0 Å². The van der Waals surface area contributed by atoms with Gasteiger partial charge in [0.25, 0.3) is 0 Å². The maximum Gasteiger partial charge on any atom is 0.305 e. The van der Waals surface area contributed by atoms with E-state index in [0.717, 1.165) is 24.7 Å². The first-order valence-electron chi connectivity index (χ1n) is 11.7. The second-order valence-electron chi connectivity index (χ2n) is 8.93. The number of unbranched alkanes of at least 4 members (excludes halogenated alkanes) is 11. The minimum absolute atomic E-state index is 0.0114. The highest BCUT2D eigenvalue weighted by atomic mass is 16.5. The van der Waals surface area contributed by atoms with Gasteiger partial charge in [-0.3, -0.25) is 4.79 Å². The molecule has 26 heavy (non-hydrogen) atoms. The summed E-state index contributed by atoms with van der Waals surface area (Å²) in [6.45, 7) is 9.81. The molecule has 0 aromatic heterocycles. The molecule has 2 nitrogen and oxygen atoms in total. The van der Waals surface area contributed by atoms with Gasteiger partial charge < -0.3 is 4.74 Å². The molecule has 0 bridgehead atoms. The van der Waals surface area contributed by atoms with Crippen LogP contribution in [0.4, 0.5) is 0 Å². The summed E-state index contributed by atoms with van der Waals surface area (Å²) in [5.74, 6) is 1.68. The highest BCUT2D eigenvalue weighted by molar-refractivity contribution is 5.69. The summed E-state index contributed by atoms with van der Waals surface area (Å²) in [6, 6.07) is 0. The van der Waals surface area contributed by atoms with Gasteiger partial charge in [0.1, 0.15) is 0 Å². The molecule has 0 spiro atoms. The second-order valence-corrected chi connectivity index (χ2v) is 8.93. The summed E-state index contributed by atoms with van der Waals surface area (Å²) < 4.78 is 5.34. The van der Waals surface area contributed by atoms with Crippen LogP contribution in [-0.2, 0) is 9.53 Å². The van der Waals surface area contributed by atoms with Gasteiger partial charge in [-0.05, 0) is 24.7 Å². The van der Waals surface area contributed by atoms with E-state index in [-0.39, 0.29) is 5.97 Å². The molecule has 0 saturated heterocycles. The van der Waals surface area contributed by atoms with Gasteiger partial charge in [-0.1, -0.05) is 111 Å². The van der Waals surface area contributed by atoms with E-state index < -0.39 is 0 Å². The number of hydrogen-bond donors (Lipinski definition) is 0. The zero-order chi connectivity index (χ0) is 19.5. The molecule has 0 heterocycles. The van der Waals surface area contributed by atoms with Crippen LogP contribution in [-0.4, -0.2) is 12.6 Å². The van der Waals surface area contributed by atoms with Gasteiger partial charge >= 0.3 is 5.97 Å². The first-order chi connectivity index (χ1) is 12.5. The Bertz CT molecular complexity index is 297. The van der Waals surface area contributed by atoms with Crippen LogP contribution in [0.2, 0.25) is 0 Å². The average molecular weight is 369 g/mol. The van der Waals surface area contributed by atoms with Crippen molar-refractivity contribution in [2.24, 2.45) is 11.8 Å². The first kappa shape index (κ1) is 25.5. The average Bonchev–Trinajstić information content (AvgIpc) is 2.58. The second kappa shape index (κ2) is 19.2. The first-order valence-corrected chi connectivity index (χ1v) is 11.7. The van der Waals surface area contributed by atoms with Crippen LogP contribution in [0.25, 0.3) is 0 Å². The Labute approximate surface area is 164 Å². The van der Waals surface area contributed by atoms with Crippen molar-refractivity contribution >= 4 is 5.97 Å². The number of carbonyl (C=O) groups excluding carboxylic acids is 1. The van der Waals surface area contributed by atoms with Crippen molar-refractivity contribution in [1.29, 1.82) is 0 Å². The van der Waals surface area contributed by atoms with Crippen molar-refractivity contribution in [1.82, 2.24) is 0 Å². The van der Waals surface area contributed by atoms with Crippen LogP contribution in [0.15, 0.2) is 0 Å². The predicted octanol–water partition coefficient (Wildman–Crippen LogP) is 8.08. The maximum atomic E-state index is 11.7. The van der Waals surface area contributed by atoms with E-state index in [1.165, 1.54) is 83.5 Å². The van der Waals surface area contributed by atoms with Gasteiger partial charge in [0.05, 0.1) is 6.61 Å². The fourth-order valence-corrected chi connectivity index (χ4v) is 3.33. The third kappa shape index (κ3) is 21.5. The molecule has 0 atom stereocenters. The Balaban J connectivity index is 3.17. The lowest BCUT2D eigenvalue weighted by Gasteiger charge is -2.06. The summed E-state index contributed by atoms with van der Waals surface area (Å²) in [5.41, 5.74) is 0. The van der Waals surface area contributed by atoms with Gasteiger partial charge in [-0.2, -0.15) is 0 Å². The Hall–Kier alpha value is -0.530. The lowest BCUT2D eigenvalue weighted by atomic mass is 10.0. The van der Waals surface area contributed by atoms with Crippen LogP contribution < -0.4 is 0 Å². The topological polar surface area (TPSA) is 26.3 Å². The van der Waals surface area contributed by atoms with Crippen LogP contribution in [0.3, 0.4) is 0 Å². The molecule has 156 valence electrons. The summed E-state index contributed by atoms with van der Waals surface area (Å²) >= 11 is 0. The standard InChI is InChI=1S/C24H48O2/c1-22(2)18-14-10-7-5-6-8-13-17-21-26-24(25)20-16-12-9-11-15-19-23(3)4/h22-23H,5-21H2,1-4H3. The molecule has 0 rings (SSSR count). The summed E-state index contributed by atoms with van der Waals surface area (Å²) in [5, 5.41) is 0. The Morgan fingerprint density at radius 1 is 0.577 bits per heavy atom. The normalized spacial score (nSPS) is 11.5. The van der Waals surface area contributed by atoms with E-state index in [1.54, 1.807) is 0 Å². The largest absolute Gasteiger partial charge is 0.466 e. The molecule has 0 unspecified atom stereocenters. The molecule has 0 amide bonds. The van der Waals surface area contributed by atoms with E-state index >= 15 is 0 Å². The molecule has 0 radical (unpaired) electrons. The monoisotopic (exact) mass is 368 g/mol. The van der Waals surface area contributed by atoms with Crippen molar-refractivity contribution in [3.05, 3.63) is 0 Å². The van der Waals surface area contributed by atoms with Crippen LogP contribution >= 0.6 is 0 Å². The minimum Gasteiger partial charge on any atom is -0.466 e. The molecule has 0 aliphatic heterocycles. The Kier molecular flexibility index (Phi) is 18.8.